The zero-order chi connectivity index (χ0) is 12.7. The number of anilines is 1. The lowest BCUT2D eigenvalue weighted by Gasteiger charge is -2.01. The lowest BCUT2D eigenvalue weighted by molar-refractivity contribution is -0.666. The third kappa shape index (κ3) is 1.97. The van der Waals surface area contributed by atoms with Crippen molar-refractivity contribution in [3.63, 3.8) is 0 Å². The van der Waals surface area contributed by atoms with E-state index in [4.69, 9.17) is 0 Å². The molecule has 1 aliphatic heterocycles. The fourth-order valence-corrected chi connectivity index (χ4v) is 3.58. The molecule has 0 aliphatic carbocycles. The molecule has 1 amide bonds. The molecular weight excluding hydrogens is 312 g/mol. The second kappa shape index (κ2) is 4.48. The Morgan fingerprint density at radius 2 is 2.11 bits per heavy atom. The standard InChI is InChI=1S/C13H12BrN2OS/c1-9(17)16-7-6-15-8-12(18-13(15)16)10-2-4-11(14)5-3-10/h2-5,8H,6-7H2,1H3/q+1. The average Bonchev–Trinajstić information content (AvgIpc) is 2.88. The van der Waals surface area contributed by atoms with Gasteiger partial charge in [-0.1, -0.05) is 28.1 Å². The molecule has 3 nitrogen and oxygen atoms in total. The molecule has 0 radical (unpaired) electrons. The summed E-state index contributed by atoms with van der Waals surface area (Å²) in [6.45, 7) is 3.30. The maximum atomic E-state index is 11.5. The Morgan fingerprint density at radius 3 is 2.78 bits per heavy atom. The van der Waals surface area contributed by atoms with E-state index in [1.165, 1.54) is 10.4 Å². The Hall–Kier alpha value is -1.20. The summed E-state index contributed by atoms with van der Waals surface area (Å²) >= 11 is 5.11. The van der Waals surface area contributed by atoms with Crippen LogP contribution in [0.15, 0.2) is 34.9 Å². The van der Waals surface area contributed by atoms with Crippen LogP contribution >= 0.6 is 27.3 Å². The molecule has 0 saturated carbocycles. The molecule has 0 spiro atoms. The van der Waals surface area contributed by atoms with Gasteiger partial charge in [0.25, 0.3) is 0 Å². The predicted molar refractivity (Wildman–Crippen MR) is 75.7 cm³/mol. The van der Waals surface area contributed by atoms with E-state index >= 15 is 0 Å². The summed E-state index contributed by atoms with van der Waals surface area (Å²) in [5, 5.41) is 1.04. The van der Waals surface area contributed by atoms with Gasteiger partial charge < -0.3 is 0 Å². The van der Waals surface area contributed by atoms with Crippen LogP contribution in [0.4, 0.5) is 5.13 Å². The number of thiazole rings is 1. The second-order valence-electron chi connectivity index (χ2n) is 4.25. The molecule has 5 heteroatoms. The zero-order valence-corrected chi connectivity index (χ0v) is 12.3. The number of carbonyl (C=O) groups excluding carboxylic acids is 1. The molecule has 0 N–H and O–H groups in total. The van der Waals surface area contributed by atoms with Crippen molar-refractivity contribution in [2.24, 2.45) is 0 Å². The summed E-state index contributed by atoms with van der Waals surface area (Å²) < 4.78 is 3.23. The summed E-state index contributed by atoms with van der Waals surface area (Å²) in [6.07, 6.45) is 2.13. The number of hydrogen-bond donors (Lipinski definition) is 0. The van der Waals surface area contributed by atoms with E-state index in [0.29, 0.717) is 0 Å². The molecular formula is C13H12BrN2OS+. The van der Waals surface area contributed by atoms with Gasteiger partial charge in [0.15, 0.2) is 0 Å². The van der Waals surface area contributed by atoms with Gasteiger partial charge in [0, 0.05) is 11.4 Å². The number of carbonyl (C=O) groups is 1. The number of halogens is 1. The first kappa shape index (κ1) is 11.9. The highest BCUT2D eigenvalue weighted by Crippen LogP contribution is 2.32. The molecule has 18 heavy (non-hydrogen) atoms. The summed E-state index contributed by atoms with van der Waals surface area (Å²) in [4.78, 5) is 14.6. The number of fused-ring (bicyclic) bond motifs is 1. The van der Waals surface area contributed by atoms with Gasteiger partial charge >= 0.3 is 11.0 Å². The molecule has 92 valence electrons. The van der Waals surface area contributed by atoms with Crippen LogP contribution in [0.3, 0.4) is 0 Å². The van der Waals surface area contributed by atoms with Crippen LogP contribution in [-0.4, -0.2) is 12.5 Å². The maximum absolute atomic E-state index is 11.5. The Balaban J connectivity index is 1.99. The van der Waals surface area contributed by atoms with Gasteiger partial charge in [0.2, 0.25) is 0 Å². The molecule has 3 rings (SSSR count). The van der Waals surface area contributed by atoms with Crippen molar-refractivity contribution in [1.29, 1.82) is 0 Å². The number of aromatic nitrogens is 1. The molecule has 2 heterocycles. The Kier molecular flexibility index (Phi) is 2.95. The first-order chi connectivity index (χ1) is 8.65. The van der Waals surface area contributed by atoms with Crippen LogP contribution in [0.1, 0.15) is 6.92 Å². The van der Waals surface area contributed by atoms with Crippen LogP contribution in [0, 0.1) is 0 Å². The fourth-order valence-electron chi connectivity index (χ4n) is 2.09. The van der Waals surface area contributed by atoms with E-state index in [2.05, 4.69) is 38.8 Å². The Bertz CT molecular complexity index is 606. The highest BCUT2D eigenvalue weighted by molar-refractivity contribution is 9.10. The number of benzene rings is 1. The third-order valence-corrected chi connectivity index (χ3v) is 4.75. The topological polar surface area (TPSA) is 24.2 Å². The average molecular weight is 324 g/mol. The van der Waals surface area contributed by atoms with E-state index in [1.54, 1.807) is 18.3 Å². The van der Waals surface area contributed by atoms with Crippen molar-refractivity contribution >= 4 is 38.3 Å². The summed E-state index contributed by atoms with van der Waals surface area (Å²) in [5.74, 6) is 0.116. The van der Waals surface area contributed by atoms with Crippen molar-refractivity contribution in [1.82, 2.24) is 0 Å². The first-order valence-corrected chi connectivity index (χ1v) is 7.33. The predicted octanol–water partition coefficient (Wildman–Crippen LogP) is 2.83. The van der Waals surface area contributed by atoms with Crippen molar-refractivity contribution in [3.05, 3.63) is 34.9 Å². The molecule has 0 bridgehead atoms. The minimum Gasteiger partial charge on any atom is -0.247 e. The number of hydrogen-bond acceptors (Lipinski definition) is 2. The van der Waals surface area contributed by atoms with Crippen molar-refractivity contribution in [2.45, 2.75) is 13.5 Å². The van der Waals surface area contributed by atoms with Gasteiger partial charge in [-0.3, -0.25) is 0 Å². The molecule has 1 aromatic heterocycles. The van der Waals surface area contributed by atoms with Crippen LogP contribution in [0.2, 0.25) is 0 Å². The lowest BCUT2D eigenvalue weighted by Crippen LogP contribution is -2.28. The fraction of sp³-hybridized carbons (Fsp3) is 0.231. The molecule has 1 aliphatic rings. The van der Waals surface area contributed by atoms with Crippen molar-refractivity contribution in [3.8, 4) is 10.4 Å². The quantitative estimate of drug-likeness (QED) is 0.740. The zero-order valence-electron chi connectivity index (χ0n) is 9.89. The molecule has 0 atom stereocenters. The number of nitrogens with zero attached hydrogens (tertiary/aromatic N) is 2. The molecule has 2 aromatic rings. The highest BCUT2D eigenvalue weighted by Gasteiger charge is 2.34. The largest absolute Gasteiger partial charge is 0.344 e. The summed E-state index contributed by atoms with van der Waals surface area (Å²) in [6, 6.07) is 8.24. The van der Waals surface area contributed by atoms with E-state index in [0.717, 1.165) is 22.7 Å². The Morgan fingerprint density at radius 1 is 1.39 bits per heavy atom. The van der Waals surface area contributed by atoms with Gasteiger partial charge in [-0.2, -0.15) is 4.90 Å². The van der Waals surface area contributed by atoms with E-state index < -0.39 is 0 Å². The van der Waals surface area contributed by atoms with Gasteiger partial charge in [0.05, 0.1) is 4.88 Å². The van der Waals surface area contributed by atoms with Crippen LogP contribution in [0.5, 0.6) is 0 Å². The van der Waals surface area contributed by atoms with Crippen molar-refractivity contribution < 1.29 is 9.36 Å². The first-order valence-electron chi connectivity index (χ1n) is 5.72. The molecule has 0 saturated heterocycles. The summed E-state index contributed by atoms with van der Waals surface area (Å²) in [7, 11) is 0. The van der Waals surface area contributed by atoms with Gasteiger partial charge in [0.1, 0.15) is 19.3 Å². The molecule has 0 unspecified atom stereocenters. The minimum atomic E-state index is 0.116. The smallest absolute Gasteiger partial charge is 0.247 e. The molecule has 0 fully saturated rings. The van der Waals surface area contributed by atoms with E-state index in [1.807, 2.05) is 17.0 Å². The van der Waals surface area contributed by atoms with Crippen molar-refractivity contribution in [2.75, 3.05) is 11.4 Å². The lowest BCUT2D eigenvalue weighted by atomic mass is 10.2. The number of amides is 1. The normalized spacial score (nSPS) is 13.8. The van der Waals surface area contributed by atoms with Gasteiger partial charge in [-0.05, 0) is 29.0 Å². The van der Waals surface area contributed by atoms with Crippen LogP contribution in [0.25, 0.3) is 10.4 Å². The third-order valence-electron chi connectivity index (χ3n) is 3.02. The minimum absolute atomic E-state index is 0.116. The van der Waals surface area contributed by atoms with E-state index in [-0.39, 0.29) is 5.91 Å². The second-order valence-corrected chi connectivity index (χ2v) is 6.17. The Labute approximate surface area is 118 Å². The monoisotopic (exact) mass is 323 g/mol. The maximum Gasteiger partial charge on any atom is 0.344 e. The van der Waals surface area contributed by atoms with Crippen LogP contribution in [-0.2, 0) is 11.3 Å². The molecule has 1 aromatic carbocycles. The highest BCUT2D eigenvalue weighted by atomic mass is 79.9. The van der Waals surface area contributed by atoms with Gasteiger partial charge in [-0.15, -0.1) is 0 Å². The van der Waals surface area contributed by atoms with E-state index in [9.17, 15) is 4.79 Å². The SMILES string of the molecule is CC(=O)N1CC[n+]2cc(-c3ccc(Br)cc3)sc21. The van der Waals surface area contributed by atoms with Crippen LogP contribution < -0.4 is 9.47 Å². The summed E-state index contributed by atoms with van der Waals surface area (Å²) in [5.41, 5.74) is 1.19. The van der Waals surface area contributed by atoms with Gasteiger partial charge in [-0.25, -0.2) is 9.36 Å². The number of rotatable bonds is 1.